The van der Waals surface area contributed by atoms with Crippen LogP contribution in [-0.4, -0.2) is 43.5 Å². The number of alkyl carbamates (subject to hydrolysis) is 1. The summed E-state index contributed by atoms with van der Waals surface area (Å²) in [6.07, 6.45) is 0.825. The zero-order valence-corrected chi connectivity index (χ0v) is 8.56. The molecule has 1 aliphatic rings. The molecule has 0 aromatic rings. The van der Waals surface area contributed by atoms with E-state index in [1.165, 1.54) is 7.11 Å². The van der Waals surface area contributed by atoms with Gasteiger partial charge >= 0.3 is 12.1 Å². The molecule has 86 valence electrons. The molecule has 1 aliphatic heterocycles. The minimum Gasteiger partial charge on any atom is -0.480 e. The number of aliphatic carboxylic acids is 1. The van der Waals surface area contributed by atoms with Gasteiger partial charge in [0, 0.05) is 12.5 Å². The molecular weight excluding hydrogens is 202 g/mol. The molecule has 15 heavy (non-hydrogen) atoms. The van der Waals surface area contributed by atoms with E-state index < -0.39 is 18.1 Å². The number of carbonyl (C=O) groups excluding carboxylic acids is 1. The summed E-state index contributed by atoms with van der Waals surface area (Å²) in [6, 6.07) is -0.933. The second-order valence-electron chi connectivity index (χ2n) is 3.43. The first-order valence-corrected chi connectivity index (χ1v) is 4.80. The lowest BCUT2D eigenvalue weighted by atomic mass is 9.94. The molecule has 0 aromatic heterocycles. The summed E-state index contributed by atoms with van der Waals surface area (Å²) in [7, 11) is 1.20. The Bertz CT molecular complexity index is 237. The number of hydrogen-bond donors (Lipinski definition) is 2. The molecule has 0 saturated carbocycles. The molecule has 6 nitrogen and oxygen atoms in total. The fraction of sp³-hybridized carbons (Fsp3) is 0.778. The maximum atomic E-state index is 10.9. The largest absolute Gasteiger partial charge is 0.480 e. The molecule has 2 atom stereocenters. The highest BCUT2D eigenvalue weighted by Crippen LogP contribution is 2.17. The van der Waals surface area contributed by atoms with Crippen molar-refractivity contribution in [2.45, 2.75) is 18.9 Å². The Morgan fingerprint density at radius 1 is 1.60 bits per heavy atom. The van der Waals surface area contributed by atoms with Gasteiger partial charge in [0.15, 0.2) is 0 Å². The van der Waals surface area contributed by atoms with Crippen LogP contribution in [0.5, 0.6) is 0 Å². The quantitative estimate of drug-likeness (QED) is 0.706. The number of carboxylic acids is 1. The summed E-state index contributed by atoms with van der Waals surface area (Å²) in [4.78, 5) is 21.9. The number of methoxy groups -OCH3 is 1. The van der Waals surface area contributed by atoms with E-state index in [2.05, 4.69) is 10.1 Å². The number of rotatable bonds is 3. The van der Waals surface area contributed by atoms with Crippen molar-refractivity contribution in [3.63, 3.8) is 0 Å². The molecule has 1 rings (SSSR count). The first-order chi connectivity index (χ1) is 7.15. The Hall–Kier alpha value is -1.30. The van der Waals surface area contributed by atoms with Gasteiger partial charge in [0.2, 0.25) is 0 Å². The van der Waals surface area contributed by atoms with Crippen molar-refractivity contribution in [1.82, 2.24) is 5.32 Å². The lowest BCUT2D eigenvalue weighted by molar-refractivity contribution is -0.142. The zero-order chi connectivity index (χ0) is 11.3. The van der Waals surface area contributed by atoms with Crippen LogP contribution in [0.2, 0.25) is 0 Å². The van der Waals surface area contributed by atoms with Crippen LogP contribution in [0.4, 0.5) is 4.79 Å². The third-order valence-corrected chi connectivity index (χ3v) is 2.39. The number of ether oxygens (including phenoxy) is 2. The number of nitrogens with one attached hydrogen (secondary N) is 1. The van der Waals surface area contributed by atoms with Crippen molar-refractivity contribution < 1.29 is 24.2 Å². The van der Waals surface area contributed by atoms with Crippen LogP contribution in [-0.2, 0) is 14.3 Å². The predicted molar refractivity (Wildman–Crippen MR) is 50.5 cm³/mol. The smallest absolute Gasteiger partial charge is 0.407 e. The van der Waals surface area contributed by atoms with Crippen LogP contribution in [0.1, 0.15) is 12.8 Å². The van der Waals surface area contributed by atoms with E-state index >= 15 is 0 Å². The van der Waals surface area contributed by atoms with Crippen molar-refractivity contribution in [3.8, 4) is 0 Å². The highest BCUT2D eigenvalue weighted by Gasteiger charge is 2.31. The van der Waals surface area contributed by atoms with Crippen molar-refractivity contribution in [2.75, 3.05) is 20.3 Å². The van der Waals surface area contributed by atoms with Crippen molar-refractivity contribution in [3.05, 3.63) is 0 Å². The highest BCUT2D eigenvalue weighted by molar-refractivity contribution is 5.80. The molecule has 1 heterocycles. The summed E-state index contributed by atoms with van der Waals surface area (Å²) in [5, 5.41) is 11.2. The molecule has 0 radical (unpaired) electrons. The lowest BCUT2D eigenvalue weighted by Gasteiger charge is -2.27. The van der Waals surface area contributed by atoms with Gasteiger partial charge in [-0.15, -0.1) is 0 Å². The molecular formula is C9H15NO5. The molecule has 0 spiro atoms. The van der Waals surface area contributed by atoms with Gasteiger partial charge in [0.05, 0.1) is 13.7 Å². The maximum absolute atomic E-state index is 10.9. The van der Waals surface area contributed by atoms with Crippen LogP contribution >= 0.6 is 0 Å². The van der Waals surface area contributed by atoms with Gasteiger partial charge in [-0.2, -0.15) is 0 Å². The Kier molecular flexibility index (Phi) is 4.36. The predicted octanol–water partition coefficient (Wildman–Crippen LogP) is 0.222. The second-order valence-corrected chi connectivity index (χ2v) is 3.43. The molecule has 1 saturated heterocycles. The van der Waals surface area contributed by atoms with Crippen molar-refractivity contribution in [1.29, 1.82) is 0 Å². The maximum Gasteiger partial charge on any atom is 0.407 e. The standard InChI is InChI=1S/C9H15NO5/c1-14-9(13)10-7(8(11)12)6-3-2-4-15-5-6/h6-7H,2-5H2,1H3,(H,10,13)(H,11,12)/t6-,7-/m1/s1. The molecule has 0 bridgehead atoms. The van der Waals surface area contributed by atoms with Gasteiger partial charge in [-0.1, -0.05) is 0 Å². The second kappa shape index (κ2) is 5.55. The molecule has 1 fully saturated rings. The van der Waals surface area contributed by atoms with Gasteiger partial charge < -0.3 is 19.9 Å². The van der Waals surface area contributed by atoms with Gasteiger partial charge in [0.1, 0.15) is 6.04 Å². The molecule has 1 amide bonds. The first kappa shape index (κ1) is 11.8. The van der Waals surface area contributed by atoms with Crippen molar-refractivity contribution in [2.24, 2.45) is 5.92 Å². The van der Waals surface area contributed by atoms with Gasteiger partial charge in [-0.05, 0) is 12.8 Å². The Morgan fingerprint density at radius 2 is 2.33 bits per heavy atom. The lowest BCUT2D eigenvalue weighted by Crippen LogP contribution is -2.48. The fourth-order valence-corrected chi connectivity index (χ4v) is 1.60. The Morgan fingerprint density at radius 3 is 2.80 bits per heavy atom. The third-order valence-electron chi connectivity index (χ3n) is 2.39. The summed E-state index contributed by atoms with van der Waals surface area (Å²) in [5.74, 6) is -1.24. The topological polar surface area (TPSA) is 84.9 Å². The Balaban J connectivity index is 2.55. The van der Waals surface area contributed by atoms with Crippen LogP contribution in [0.25, 0.3) is 0 Å². The highest BCUT2D eigenvalue weighted by atomic mass is 16.5. The van der Waals surface area contributed by atoms with Crippen LogP contribution < -0.4 is 5.32 Å². The average molecular weight is 217 g/mol. The first-order valence-electron chi connectivity index (χ1n) is 4.80. The normalized spacial score (nSPS) is 22.9. The summed E-state index contributed by atoms with van der Waals surface area (Å²) >= 11 is 0. The van der Waals surface area contributed by atoms with E-state index in [0.717, 1.165) is 12.8 Å². The monoisotopic (exact) mass is 217 g/mol. The number of amides is 1. The van der Waals surface area contributed by atoms with E-state index in [9.17, 15) is 9.59 Å². The summed E-state index contributed by atoms with van der Waals surface area (Å²) in [6.45, 7) is 1.02. The molecule has 2 N–H and O–H groups in total. The van der Waals surface area contributed by atoms with Crippen molar-refractivity contribution >= 4 is 12.1 Å². The molecule has 6 heteroatoms. The number of hydrogen-bond acceptors (Lipinski definition) is 4. The molecule has 0 aliphatic carbocycles. The van der Waals surface area contributed by atoms with E-state index in [4.69, 9.17) is 9.84 Å². The number of carboxylic acid groups (broad SMARTS) is 1. The Labute approximate surface area is 87.5 Å². The summed E-state index contributed by atoms with van der Waals surface area (Å²) in [5.41, 5.74) is 0. The van der Waals surface area contributed by atoms with E-state index in [1.807, 2.05) is 0 Å². The zero-order valence-electron chi connectivity index (χ0n) is 8.56. The van der Waals surface area contributed by atoms with E-state index in [1.54, 1.807) is 0 Å². The van der Waals surface area contributed by atoms with Crippen LogP contribution in [0.15, 0.2) is 0 Å². The molecule has 0 aromatic carbocycles. The fourth-order valence-electron chi connectivity index (χ4n) is 1.60. The third kappa shape index (κ3) is 3.39. The average Bonchev–Trinajstić information content (AvgIpc) is 2.26. The minimum atomic E-state index is -1.06. The number of carbonyl (C=O) groups is 2. The van der Waals surface area contributed by atoms with Crippen LogP contribution in [0.3, 0.4) is 0 Å². The van der Waals surface area contributed by atoms with E-state index in [0.29, 0.717) is 13.2 Å². The van der Waals surface area contributed by atoms with Crippen LogP contribution in [0, 0.1) is 5.92 Å². The van der Waals surface area contributed by atoms with Gasteiger partial charge in [0.25, 0.3) is 0 Å². The molecule has 0 unspecified atom stereocenters. The minimum absolute atomic E-state index is 0.185. The van der Waals surface area contributed by atoms with E-state index in [-0.39, 0.29) is 5.92 Å². The van der Waals surface area contributed by atoms with Gasteiger partial charge in [-0.25, -0.2) is 9.59 Å². The summed E-state index contributed by atoms with van der Waals surface area (Å²) < 4.78 is 9.54. The SMILES string of the molecule is COC(=O)N[C@@H](C(=O)O)[C@@H]1CCCOC1. The van der Waals surface area contributed by atoms with Gasteiger partial charge in [-0.3, -0.25) is 0 Å².